The van der Waals surface area contributed by atoms with Gasteiger partial charge in [-0.25, -0.2) is 14.4 Å². The number of benzene rings is 1. The highest BCUT2D eigenvalue weighted by Gasteiger charge is 2.34. The van der Waals surface area contributed by atoms with Crippen molar-refractivity contribution >= 4 is 26.0 Å². The molecule has 2 saturated carbocycles. The molecule has 10 nitrogen and oxygen atoms in total. The van der Waals surface area contributed by atoms with Crippen LogP contribution in [0.5, 0.6) is 5.75 Å². The molecule has 2 aliphatic carbocycles. The molecule has 0 radical (unpaired) electrons. The number of hydrogen-bond donors (Lipinski definition) is 3. The van der Waals surface area contributed by atoms with Gasteiger partial charge in [0.2, 0.25) is 0 Å². The predicted molar refractivity (Wildman–Crippen MR) is 217 cm³/mol. The number of esters is 3. The maximum Gasteiger partial charge on any atom is 0.335 e. The zero-order chi connectivity index (χ0) is 40.1. The summed E-state index contributed by atoms with van der Waals surface area (Å²) in [5, 5.41) is 27.8. The molecule has 0 heterocycles. The Kier molecular flexibility index (Phi) is 21.0. The Bertz CT molecular complexity index is 1280. The fourth-order valence-corrected chi connectivity index (χ4v) is 12.4. The van der Waals surface area contributed by atoms with Crippen molar-refractivity contribution in [3.63, 3.8) is 0 Å². The summed E-state index contributed by atoms with van der Waals surface area (Å²) in [5.41, 5.74) is 1.21. The maximum atomic E-state index is 12.3. The smallest absolute Gasteiger partial charge is 0.335 e. The normalized spacial score (nSPS) is 19.9. The van der Waals surface area contributed by atoms with E-state index in [0.717, 1.165) is 23.5 Å². The average Bonchev–Trinajstić information content (AvgIpc) is 3.21. The first-order chi connectivity index (χ1) is 26.5. The Morgan fingerprint density at radius 1 is 0.618 bits per heavy atom. The standard InChI is InChI=1S/C44H68O10Si/c1-5-6-7-9-36-10-12-37(13-11-36)38-14-16-39(17-15-38)40-18-20-41(21-19-40)51-22-8-26-55(27-23-52-42(48)33(2)30-45,28-24-53-43(49)34(3)31-46)29-25-54-44(50)35(4)32-47/h18-21,36-39,45-47H,2-17,22-32H2,1H3. The molecule has 0 saturated heterocycles. The van der Waals surface area contributed by atoms with E-state index < -0.39 is 45.8 Å². The van der Waals surface area contributed by atoms with Crippen LogP contribution in [0.25, 0.3) is 0 Å². The average molecular weight is 785 g/mol. The summed E-state index contributed by atoms with van der Waals surface area (Å²) in [4.78, 5) is 36.8. The fraction of sp³-hybridized carbons (Fsp3) is 0.659. The number of carbonyl (C=O) groups excluding carboxylic acids is 3. The highest BCUT2D eigenvalue weighted by atomic mass is 28.3. The first kappa shape index (κ1) is 46.1. The molecule has 0 bridgehead atoms. The summed E-state index contributed by atoms with van der Waals surface area (Å²) in [6.45, 7) is 11.9. The van der Waals surface area contributed by atoms with Crippen LogP contribution in [0.15, 0.2) is 60.7 Å². The van der Waals surface area contributed by atoms with Crippen molar-refractivity contribution in [2.24, 2.45) is 17.8 Å². The van der Waals surface area contributed by atoms with Crippen molar-refractivity contribution in [1.82, 2.24) is 0 Å². The number of aliphatic hydroxyl groups is 3. The quantitative estimate of drug-likeness (QED) is 0.0279. The molecule has 0 amide bonds. The van der Waals surface area contributed by atoms with Crippen LogP contribution in [0.1, 0.15) is 102 Å². The van der Waals surface area contributed by atoms with Gasteiger partial charge in [-0.15, -0.1) is 0 Å². The van der Waals surface area contributed by atoms with Crippen molar-refractivity contribution in [1.29, 1.82) is 0 Å². The zero-order valence-corrected chi connectivity index (χ0v) is 34.4. The molecule has 0 atom stereocenters. The predicted octanol–water partition coefficient (Wildman–Crippen LogP) is 7.84. The summed E-state index contributed by atoms with van der Waals surface area (Å²) >= 11 is 0. The van der Waals surface area contributed by atoms with Crippen molar-refractivity contribution < 1.29 is 48.7 Å². The molecule has 2 fully saturated rings. The van der Waals surface area contributed by atoms with E-state index in [1.807, 2.05) is 0 Å². The second kappa shape index (κ2) is 25.1. The molecular weight excluding hydrogens is 717 g/mol. The molecule has 2 aliphatic rings. The first-order valence-electron chi connectivity index (χ1n) is 20.6. The van der Waals surface area contributed by atoms with E-state index in [-0.39, 0.29) is 36.5 Å². The van der Waals surface area contributed by atoms with Gasteiger partial charge in [-0.05, 0) is 104 Å². The van der Waals surface area contributed by atoms with Gasteiger partial charge in [-0.1, -0.05) is 83.4 Å². The van der Waals surface area contributed by atoms with E-state index in [1.54, 1.807) is 0 Å². The van der Waals surface area contributed by atoms with Crippen LogP contribution >= 0.6 is 0 Å². The molecule has 55 heavy (non-hydrogen) atoms. The van der Waals surface area contributed by atoms with Crippen LogP contribution in [0, 0.1) is 17.8 Å². The van der Waals surface area contributed by atoms with E-state index in [1.165, 1.54) is 82.6 Å². The molecular formula is C44H68O10Si. The van der Waals surface area contributed by atoms with E-state index in [0.29, 0.717) is 43.1 Å². The molecule has 3 rings (SSSR count). The highest BCUT2D eigenvalue weighted by Crippen LogP contribution is 2.44. The topological polar surface area (TPSA) is 149 Å². The van der Waals surface area contributed by atoms with Gasteiger partial charge in [0.15, 0.2) is 0 Å². The van der Waals surface area contributed by atoms with Crippen molar-refractivity contribution in [2.75, 3.05) is 46.2 Å². The van der Waals surface area contributed by atoms with E-state index in [4.69, 9.17) is 18.9 Å². The second-order valence-corrected chi connectivity index (χ2v) is 20.9. The number of aliphatic hydroxyl groups excluding tert-OH is 3. The number of ether oxygens (including phenoxy) is 4. The summed E-state index contributed by atoms with van der Waals surface area (Å²) in [7, 11) is -2.52. The Balaban J connectivity index is 1.55. The highest BCUT2D eigenvalue weighted by molar-refractivity contribution is 6.80. The van der Waals surface area contributed by atoms with Crippen molar-refractivity contribution in [2.45, 2.75) is 120 Å². The monoisotopic (exact) mass is 784 g/mol. The minimum Gasteiger partial charge on any atom is -0.494 e. The molecule has 0 spiro atoms. The second-order valence-electron chi connectivity index (χ2n) is 15.9. The zero-order valence-electron chi connectivity index (χ0n) is 33.4. The van der Waals surface area contributed by atoms with E-state index in [9.17, 15) is 29.7 Å². The Labute approximate surface area is 330 Å². The van der Waals surface area contributed by atoms with Gasteiger partial charge in [0.05, 0.1) is 71.0 Å². The van der Waals surface area contributed by atoms with Gasteiger partial charge < -0.3 is 34.3 Å². The largest absolute Gasteiger partial charge is 0.494 e. The minimum atomic E-state index is -2.52. The van der Waals surface area contributed by atoms with Crippen LogP contribution in [0.4, 0.5) is 0 Å². The summed E-state index contributed by atoms with van der Waals surface area (Å²) < 4.78 is 22.4. The number of unbranched alkanes of at least 4 members (excludes halogenated alkanes) is 2. The molecule has 0 aromatic heterocycles. The number of hydrogen-bond acceptors (Lipinski definition) is 10. The lowest BCUT2D eigenvalue weighted by molar-refractivity contribution is -0.139. The van der Waals surface area contributed by atoms with Crippen molar-refractivity contribution in [3.8, 4) is 5.75 Å². The van der Waals surface area contributed by atoms with Crippen molar-refractivity contribution in [3.05, 3.63) is 66.3 Å². The van der Waals surface area contributed by atoms with Crippen LogP contribution < -0.4 is 4.74 Å². The van der Waals surface area contributed by atoms with Crippen LogP contribution in [-0.2, 0) is 28.6 Å². The van der Waals surface area contributed by atoms with Gasteiger partial charge in [0, 0.05) is 0 Å². The molecule has 0 aliphatic heterocycles. The summed E-state index contributed by atoms with van der Waals surface area (Å²) in [6, 6.07) is 10.6. The third-order valence-electron chi connectivity index (χ3n) is 12.1. The van der Waals surface area contributed by atoms with Gasteiger partial charge in [0.1, 0.15) is 5.75 Å². The van der Waals surface area contributed by atoms with Crippen LogP contribution in [0.3, 0.4) is 0 Å². The third-order valence-corrected chi connectivity index (χ3v) is 17.3. The lowest BCUT2D eigenvalue weighted by Gasteiger charge is -2.38. The maximum absolute atomic E-state index is 12.3. The minimum absolute atomic E-state index is 0.0448. The lowest BCUT2D eigenvalue weighted by Crippen LogP contribution is -2.39. The van der Waals surface area contributed by atoms with Gasteiger partial charge in [-0.2, -0.15) is 0 Å². The summed E-state index contributed by atoms with van der Waals surface area (Å²) in [6.07, 6.45) is 17.1. The van der Waals surface area contributed by atoms with Gasteiger partial charge in [-0.3, -0.25) is 0 Å². The lowest BCUT2D eigenvalue weighted by atomic mass is 9.68. The number of rotatable bonds is 26. The fourth-order valence-electron chi connectivity index (χ4n) is 8.36. The van der Waals surface area contributed by atoms with Gasteiger partial charge >= 0.3 is 17.9 Å². The van der Waals surface area contributed by atoms with E-state index in [2.05, 4.69) is 50.9 Å². The molecule has 1 aromatic carbocycles. The third kappa shape index (κ3) is 16.0. The Morgan fingerprint density at radius 2 is 1.07 bits per heavy atom. The molecule has 3 N–H and O–H groups in total. The molecule has 308 valence electrons. The molecule has 0 unspecified atom stereocenters. The SMILES string of the molecule is C=C(CO)C(=O)OCC[Si](CCCOc1ccc(C2CCC(C3CCC(CCCCC)CC3)CC2)cc1)(CCOC(=O)C(=C)CO)CCOC(=O)C(=C)CO. The number of carbonyl (C=O) groups is 3. The van der Waals surface area contributed by atoms with E-state index >= 15 is 0 Å². The summed E-state index contributed by atoms with van der Waals surface area (Å²) in [5.74, 6) is 2.07. The molecule has 1 aromatic rings. The van der Waals surface area contributed by atoms with Crippen LogP contribution in [-0.4, -0.2) is 87.5 Å². The Hall–Kier alpha value is -3.25. The molecule has 11 heteroatoms. The van der Waals surface area contributed by atoms with Crippen LogP contribution in [0.2, 0.25) is 24.2 Å². The first-order valence-corrected chi connectivity index (χ1v) is 23.5. The Morgan fingerprint density at radius 3 is 1.51 bits per heavy atom. The van der Waals surface area contributed by atoms with Gasteiger partial charge in [0.25, 0.3) is 0 Å².